The number of likely N-dealkylation sites (tertiary alicyclic amines) is 2. The van der Waals surface area contributed by atoms with Crippen LogP contribution in [-0.4, -0.2) is 46.3 Å². The molecule has 0 bridgehead atoms. The van der Waals surface area contributed by atoms with Gasteiger partial charge in [0.15, 0.2) is 0 Å². The molecule has 2 saturated heterocycles. The van der Waals surface area contributed by atoms with Crippen LogP contribution in [0.5, 0.6) is 0 Å². The Morgan fingerprint density at radius 1 is 1.13 bits per heavy atom. The molecule has 3 rings (SSSR count). The lowest BCUT2D eigenvalue weighted by Gasteiger charge is -2.37. The van der Waals surface area contributed by atoms with Crippen molar-refractivity contribution in [2.24, 2.45) is 0 Å². The first-order valence-electron chi connectivity index (χ1n) is 8.38. The molecule has 0 unspecified atom stereocenters. The third-order valence-electron chi connectivity index (χ3n) is 4.88. The highest BCUT2D eigenvalue weighted by molar-refractivity contribution is 5.78. The van der Waals surface area contributed by atoms with Crippen LogP contribution in [0.2, 0.25) is 0 Å². The van der Waals surface area contributed by atoms with E-state index in [4.69, 9.17) is 0 Å². The standard InChI is InChI=1S/C17H23N3O3/c21-17-5-3-11-19(17)13-16-4-1-2-10-18(16)12-14-6-8-15(9-7-14)20(22)23/h6-9,16H,1-5,10-13H2/t16-/m1/s1. The Morgan fingerprint density at radius 2 is 1.91 bits per heavy atom. The Kier molecular flexibility index (Phi) is 4.91. The smallest absolute Gasteiger partial charge is 0.269 e. The van der Waals surface area contributed by atoms with Crippen LogP contribution in [0.25, 0.3) is 0 Å². The minimum atomic E-state index is -0.369. The molecule has 1 aromatic carbocycles. The van der Waals surface area contributed by atoms with Crippen LogP contribution in [0, 0.1) is 10.1 Å². The van der Waals surface area contributed by atoms with Crippen molar-refractivity contribution in [3.63, 3.8) is 0 Å². The second-order valence-corrected chi connectivity index (χ2v) is 6.49. The van der Waals surface area contributed by atoms with Crippen molar-refractivity contribution in [2.75, 3.05) is 19.6 Å². The first-order valence-corrected chi connectivity index (χ1v) is 8.38. The number of non-ortho nitro benzene ring substituents is 1. The van der Waals surface area contributed by atoms with Crippen LogP contribution >= 0.6 is 0 Å². The number of nitro benzene ring substituents is 1. The molecule has 0 saturated carbocycles. The molecule has 1 atom stereocenters. The Morgan fingerprint density at radius 3 is 2.57 bits per heavy atom. The molecular weight excluding hydrogens is 294 g/mol. The summed E-state index contributed by atoms with van der Waals surface area (Å²) in [6, 6.07) is 7.22. The number of piperidine rings is 1. The van der Waals surface area contributed by atoms with E-state index < -0.39 is 0 Å². The second-order valence-electron chi connectivity index (χ2n) is 6.49. The van der Waals surface area contributed by atoms with Crippen molar-refractivity contribution < 1.29 is 9.72 Å². The van der Waals surface area contributed by atoms with Gasteiger partial charge >= 0.3 is 0 Å². The minimum absolute atomic E-state index is 0.131. The van der Waals surface area contributed by atoms with Gasteiger partial charge in [-0.15, -0.1) is 0 Å². The van der Waals surface area contributed by atoms with Gasteiger partial charge in [0.25, 0.3) is 5.69 Å². The maximum absolute atomic E-state index is 11.9. The van der Waals surface area contributed by atoms with E-state index in [0.717, 1.165) is 44.6 Å². The zero-order chi connectivity index (χ0) is 16.2. The summed E-state index contributed by atoms with van der Waals surface area (Å²) in [6.45, 7) is 3.54. The fraction of sp³-hybridized carbons (Fsp3) is 0.588. The van der Waals surface area contributed by atoms with Gasteiger partial charge in [0.05, 0.1) is 4.92 Å². The number of carbonyl (C=O) groups is 1. The van der Waals surface area contributed by atoms with Crippen LogP contribution in [-0.2, 0) is 11.3 Å². The van der Waals surface area contributed by atoms with Gasteiger partial charge in [-0.05, 0) is 31.4 Å². The van der Waals surface area contributed by atoms with Gasteiger partial charge < -0.3 is 4.90 Å². The van der Waals surface area contributed by atoms with E-state index in [1.54, 1.807) is 12.1 Å². The Bertz CT molecular complexity index is 573. The number of rotatable bonds is 5. The molecule has 0 N–H and O–H groups in total. The second kappa shape index (κ2) is 7.08. The number of hydrogen-bond acceptors (Lipinski definition) is 4. The van der Waals surface area contributed by atoms with E-state index >= 15 is 0 Å². The predicted molar refractivity (Wildman–Crippen MR) is 87.0 cm³/mol. The van der Waals surface area contributed by atoms with E-state index in [2.05, 4.69) is 4.90 Å². The molecule has 1 amide bonds. The summed E-state index contributed by atoms with van der Waals surface area (Å²) in [4.78, 5) is 26.7. The van der Waals surface area contributed by atoms with E-state index in [-0.39, 0.29) is 16.5 Å². The lowest BCUT2D eigenvalue weighted by atomic mass is 10.0. The molecule has 2 heterocycles. The molecule has 1 aromatic rings. The normalized spacial score (nSPS) is 22.5. The monoisotopic (exact) mass is 317 g/mol. The van der Waals surface area contributed by atoms with Crippen molar-refractivity contribution in [1.82, 2.24) is 9.80 Å². The maximum atomic E-state index is 11.9. The zero-order valence-corrected chi connectivity index (χ0v) is 13.3. The van der Waals surface area contributed by atoms with E-state index in [1.165, 1.54) is 12.8 Å². The SMILES string of the molecule is O=C1CCCN1C[C@H]1CCCCN1Cc1ccc([N+](=O)[O-])cc1. The van der Waals surface area contributed by atoms with Gasteiger partial charge in [-0.1, -0.05) is 18.6 Å². The molecule has 0 aliphatic carbocycles. The number of carbonyl (C=O) groups excluding carboxylic acids is 1. The van der Waals surface area contributed by atoms with Crippen molar-refractivity contribution in [2.45, 2.75) is 44.7 Å². The summed E-state index contributed by atoms with van der Waals surface area (Å²) in [6.07, 6.45) is 5.18. The number of amides is 1. The van der Waals surface area contributed by atoms with Crippen molar-refractivity contribution >= 4 is 11.6 Å². The van der Waals surface area contributed by atoms with Crippen molar-refractivity contribution in [3.8, 4) is 0 Å². The van der Waals surface area contributed by atoms with Gasteiger partial charge in [0, 0.05) is 44.2 Å². The third-order valence-corrected chi connectivity index (χ3v) is 4.88. The van der Waals surface area contributed by atoms with E-state index in [0.29, 0.717) is 12.5 Å². The number of nitrogens with zero attached hydrogens (tertiary/aromatic N) is 3. The highest BCUT2D eigenvalue weighted by atomic mass is 16.6. The van der Waals surface area contributed by atoms with Gasteiger partial charge in [0.2, 0.25) is 5.91 Å². The largest absolute Gasteiger partial charge is 0.341 e. The number of nitro groups is 1. The first kappa shape index (κ1) is 15.9. The van der Waals surface area contributed by atoms with Crippen LogP contribution in [0.15, 0.2) is 24.3 Å². The molecule has 6 nitrogen and oxygen atoms in total. The molecule has 0 aromatic heterocycles. The quantitative estimate of drug-likeness (QED) is 0.618. The molecule has 0 radical (unpaired) electrons. The highest BCUT2D eigenvalue weighted by Crippen LogP contribution is 2.23. The van der Waals surface area contributed by atoms with Gasteiger partial charge in [-0.3, -0.25) is 19.8 Å². The van der Waals surface area contributed by atoms with Gasteiger partial charge in [-0.25, -0.2) is 0 Å². The average Bonchev–Trinajstić information content (AvgIpc) is 2.95. The molecular formula is C17H23N3O3. The third kappa shape index (κ3) is 3.88. The Balaban J connectivity index is 1.63. The summed E-state index contributed by atoms with van der Waals surface area (Å²) in [5.41, 5.74) is 1.22. The number of hydrogen-bond donors (Lipinski definition) is 0. The van der Waals surface area contributed by atoms with Crippen LogP contribution in [0.1, 0.15) is 37.7 Å². The highest BCUT2D eigenvalue weighted by Gasteiger charge is 2.28. The van der Waals surface area contributed by atoms with Crippen LogP contribution in [0.3, 0.4) is 0 Å². The molecule has 124 valence electrons. The van der Waals surface area contributed by atoms with E-state index in [1.807, 2.05) is 17.0 Å². The summed E-state index contributed by atoms with van der Waals surface area (Å²) in [5.74, 6) is 0.283. The molecule has 23 heavy (non-hydrogen) atoms. The minimum Gasteiger partial charge on any atom is -0.341 e. The van der Waals surface area contributed by atoms with Crippen LogP contribution in [0.4, 0.5) is 5.69 Å². The molecule has 2 aliphatic heterocycles. The fourth-order valence-electron chi connectivity index (χ4n) is 3.58. The van der Waals surface area contributed by atoms with Crippen molar-refractivity contribution in [1.29, 1.82) is 0 Å². The average molecular weight is 317 g/mol. The predicted octanol–water partition coefficient (Wildman–Crippen LogP) is 2.57. The Labute approximate surface area is 136 Å². The molecule has 2 fully saturated rings. The van der Waals surface area contributed by atoms with Gasteiger partial charge in [0.1, 0.15) is 0 Å². The zero-order valence-electron chi connectivity index (χ0n) is 13.3. The fourth-order valence-corrected chi connectivity index (χ4v) is 3.58. The number of benzene rings is 1. The Hall–Kier alpha value is -1.95. The van der Waals surface area contributed by atoms with Gasteiger partial charge in [-0.2, -0.15) is 0 Å². The lowest BCUT2D eigenvalue weighted by Crippen LogP contribution is -2.46. The maximum Gasteiger partial charge on any atom is 0.269 e. The topological polar surface area (TPSA) is 66.7 Å². The first-order chi connectivity index (χ1) is 11.1. The summed E-state index contributed by atoms with van der Waals surface area (Å²) in [7, 11) is 0. The molecule has 0 spiro atoms. The molecule has 6 heteroatoms. The summed E-state index contributed by atoms with van der Waals surface area (Å²) >= 11 is 0. The summed E-state index contributed by atoms with van der Waals surface area (Å²) < 4.78 is 0. The van der Waals surface area contributed by atoms with Crippen molar-refractivity contribution in [3.05, 3.63) is 39.9 Å². The summed E-state index contributed by atoms with van der Waals surface area (Å²) in [5, 5.41) is 10.7. The van der Waals surface area contributed by atoms with E-state index in [9.17, 15) is 14.9 Å². The molecule has 2 aliphatic rings. The van der Waals surface area contributed by atoms with Crippen LogP contribution < -0.4 is 0 Å². The lowest BCUT2D eigenvalue weighted by molar-refractivity contribution is -0.384.